The number of aliphatic hydroxyl groups is 1. The summed E-state index contributed by atoms with van der Waals surface area (Å²) in [5.74, 6) is -3.55. The van der Waals surface area contributed by atoms with E-state index in [1.165, 1.54) is 24.3 Å². The van der Waals surface area contributed by atoms with Crippen molar-refractivity contribution in [1.82, 2.24) is 0 Å². The predicted octanol–water partition coefficient (Wildman–Crippen LogP) is 2.35. The fourth-order valence-electron chi connectivity index (χ4n) is 1.48. The molecule has 0 aliphatic carbocycles. The van der Waals surface area contributed by atoms with Crippen LogP contribution in [0, 0.1) is 0 Å². The van der Waals surface area contributed by atoms with Crippen molar-refractivity contribution in [2.45, 2.75) is 17.2 Å². The lowest BCUT2D eigenvalue weighted by Crippen LogP contribution is -2.62. The van der Waals surface area contributed by atoms with Gasteiger partial charge in [-0.1, -0.05) is 17.7 Å². The minimum absolute atomic E-state index is 0.0394. The van der Waals surface area contributed by atoms with Crippen molar-refractivity contribution in [2.75, 3.05) is 12.4 Å². The number of nitrogens with one attached hydrogen (secondary N) is 1. The van der Waals surface area contributed by atoms with Crippen LogP contribution < -0.4 is 5.32 Å². The van der Waals surface area contributed by atoms with Gasteiger partial charge in [-0.3, -0.25) is 4.79 Å². The van der Waals surface area contributed by atoms with Gasteiger partial charge in [0.05, 0.1) is 7.11 Å². The number of anilines is 1. The average Bonchev–Trinajstić information content (AvgIpc) is 2.43. The van der Waals surface area contributed by atoms with Gasteiger partial charge in [0.2, 0.25) is 5.91 Å². The second-order valence-electron chi connectivity index (χ2n) is 4.12. The summed E-state index contributed by atoms with van der Waals surface area (Å²) in [6.45, 7) is 0. The molecule has 0 bridgehead atoms. The summed E-state index contributed by atoms with van der Waals surface area (Å²) in [5.41, 5.74) is -4.15. The second kappa shape index (κ2) is 6.72. The van der Waals surface area contributed by atoms with E-state index in [1.807, 2.05) is 5.32 Å². The van der Waals surface area contributed by atoms with Crippen LogP contribution in [-0.4, -0.2) is 41.2 Å². The normalized spacial score (nSPS) is 15.6. The lowest BCUT2D eigenvalue weighted by atomic mass is 9.98. The molecular weight excluding hydrogens is 350 g/mol. The van der Waals surface area contributed by atoms with Crippen LogP contribution >= 0.6 is 23.2 Å². The topological polar surface area (TPSA) is 75.6 Å². The van der Waals surface area contributed by atoms with Gasteiger partial charge in [0.1, 0.15) is 0 Å². The van der Waals surface area contributed by atoms with Crippen LogP contribution in [0.25, 0.3) is 0 Å². The molecule has 10 heteroatoms. The van der Waals surface area contributed by atoms with Gasteiger partial charge in [-0.25, -0.2) is 4.79 Å². The van der Waals surface area contributed by atoms with Gasteiger partial charge in [0.25, 0.3) is 5.60 Å². The van der Waals surface area contributed by atoms with Gasteiger partial charge in [-0.15, -0.1) is 11.6 Å². The largest absolute Gasteiger partial charge is 0.467 e. The van der Waals surface area contributed by atoms with Crippen molar-refractivity contribution < 1.29 is 32.6 Å². The average molecular weight is 360 g/mol. The summed E-state index contributed by atoms with van der Waals surface area (Å²) in [7, 11) is 0.623. The Bertz CT molecular complexity index is 582. The molecule has 1 rings (SSSR count). The fourth-order valence-corrected chi connectivity index (χ4v) is 1.94. The molecule has 0 unspecified atom stereocenters. The SMILES string of the molecule is COC(=O)[C@](O)([C@@H](Cl)C(=O)Nc1cccc(Cl)c1)C(F)(F)F. The van der Waals surface area contributed by atoms with Crippen LogP contribution in [0.2, 0.25) is 5.02 Å². The lowest BCUT2D eigenvalue weighted by Gasteiger charge is -2.30. The molecule has 0 aliphatic heterocycles. The number of hydrogen-bond donors (Lipinski definition) is 2. The van der Waals surface area contributed by atoms with Crippen molar-refractivity contribution >= 4 is 40.8 Å². The molecule has 5 nitrogen and oxygen atoms in total. The Hall–Kier alpha value is -1.51. The minimum Gasteiger partial charge on any atom is -0.467 e. The highest BCUT2D eigenvalue weighted by molar-refractivity contribution is 6.35. The maximum atomic E-state index is 12.9. The Morgan fingerprint density at radius 2 is 1.95 bits per heavy atom. The number of rotatable bonds is 4. The maximum absolute atomic E-state index is 12.9. The summed E-state index contributed by atoms with van der Waals surface area (Å²) < 4.78 is 42.6. The number of carbonyl (C=O) groups is 2. The van der Waals surface area contributed by atoms with Crippen molar-refractivity contribution in [1.29, 1.82) is 0 Å². The molecule has 2 N–H and O–H groups in total. The first-order valence-corrected chi connectivity index (χ1v) is 6.43. The van der Waals surface area contributed by atoms with E-state index >= 15 is 0 Å². The monoisotopic (exact) mass is 359 g/mol. The zero-order valence-electron chi connectivity index (χ0n) is 10.9. The number of methoxy groups -OCH3 is 1. The summed E-state index contributed by atoms with van der Waals surface area (Å²) in [6, 6.07) is 5.47. The number of ether oxygens (including phenoxy) is 1. The van der Waals surface area contributed by atoms with Crippen LogP contribution in [0.4, 0.5) is 18.9 Å². The Balaban J connectivity index is 3.07. The van der Waals surface area contributed by atoms with E-state index in [9.17, 15) is 27.9 Å². The molecule has 0 aliphatic rings. The van der Waals surface area contributed by atoms with Crippen LogP contribution in [0.1, 0.15) is 0 Å². The summed E-state index contributed by atoms with van der Waals surface area (Å²) in [6.07, 6.45) is -5.52. The smallest absolute Gasteiger partial charge is 0.430 e. The van der Waals surface area contributed by atoms with Crippen molar-refractivity contribution in [3.05, 3.63) is 29.3 Å². The molecule has 2 atom stereocenters. The van der Waals surface area contributed by atoms with E-state index in [2.05, 4.69) is 4.74 Å². The first-order chi connectivity index (χ1) is 10.0. The summed E-state index contributed by atoms with van der Waals surface area (Å²) in [4.78, 5) is 23.0. The van der Waals surface area contributed by atoms with E-state index in [-0.39, 0.29) is 10.7 Å². The highest BCUT2D eigenvalue weighted by Gasteiger charge is 2.67. The summed E-state index contributed by atoms with van der Waals surface area (Å²) in [5, 5.41) is 9.13. The molecule has 0 fully saturated rings. The van der Waals surface area contributed by atoms with E-state index in [0.29, 0.717) is 7.11 Å². The van der Waals surface area contributed by atoms with Crippen LogP contribution in [-0.2, 0) is 14.3 Å². The van der Waals surface area contributed by atoms with Crippen LogP contribution in [0.3, 0.4) is 0 Å². The Kier molecular flexibility index (Phi) is 5.66. The molecule has 0 saturated heterocycles. The molecule has 1 aromatic carbocycles. The van der Waals surface area contributed by atoms with Gasteiger partial charge in [-0.2, -0.15) is 13.2 Å². The standard InChI is InChI=1S/C12H10Cl2F3NO4/c1-22-10(20)11(21,12(15,16)17)8(14)9(19)18-7-4-2-3-6(13)5-7/h2-5,8,21H,1H3,(H,18,19)/t8-,11+/m0/s1. The number of alkyl halides is 4. The van der Waals surface area contributed by atoms with E-state index in [1.54, 1.807) is 0 Å². The lowest BCUT2D eigenvalue weighted by molar-refractivity contribution is -0.260. The number of carbonyl (C=O) groups excluding carboxylic acids is 2. The number of halogens is 5. The molecular formula is C12H10Cl2F3NO4. The highest BCUT2D eigenvalue weighted by Crippen LogP contribution is 2.37. The maximum Gasteiger partial charge on any atom is 0.430 e. The van der Waals surface area contributed by atoms with E-state index < -0.39 is 29.0 Å². The van der Waals surface area contributed by atoms with Gasteiger partial charge in [-0.05, 0) is 18.2 Å². The highest BCUT2D eigenvalue weighted by atomic mass is 35.5. The van der Waals surface area contributed by atoms with Gasteiger partial charge in [0, 0.05) is 10.7 Å². The van der Waals surface area contributed by atoms with Crippen molar-refractivity contribution in [3.63, 3.8) is 0 Å². The molecule has 122 valence electrons. The zero-order valence-corrected chi connectivity index (χ0v) is 12.5. The molecule has 0 radical (unpaired) electrons. The number of esters is 1. The Labute approximate surface area is 133 Å². The third kappa shape index (κ3) is 3.63. The Morgan fingerprint density at radius 1 is 1.36 bits per heavy atom. The van der Waals surface area contributed by atoms with Crippen LogP contribution in [0.15, 0.2) is 24.3 Å². The van der Waals surface area contributed by atoms with E-state index in [0.717, 1.165) is 0 Å². The fraction of sp³-hybridized carbons (Fsp3) is 0.333. The summed E-state index contributed by atoms with van der Waals surface area (Å²) >= 11 is 11.0. The molecule has 22 heavy (non-hydrogen) atoms. The van der Waals surface area contributed by atoms with Crippen LogP contribution in [0.5, 0.6) is 0 Å². The zero-order chi connectivity index (χ0) is 17.1. The first-order valence-electron chi connectivity index (χ1n) is 5.62. The van der Waals surface area contributed by atoms with Crippen molar-refractivity contribution in [2.24, 2.45) is 0 Å². The predicted molar refractivity (Wildman–Crippen MR) is 72.7 cm³/mol. The number of hydrogen-bond acceptors (Lipinski definition) is 4. The molecule has 0 spiro atoms. The second-order valence-corrected chi connectivity index (χ2v) is 4.99. The number of benzene rings is 1. The van der Waals surface area contributed by atoms with E-state index in [4.69, 9.17) is 23.2 Å². The Morgan fingerprint density at radius 3 is 2.41 bits per heavy atom. The molecule has 1 amide bonds. The van der Waals surface area contributed by atoms with Crippen molar-refractivity contribution in [3.8, 4) is 0 Å². The molecule has 1 aromatic rings. The van der Waals surface area contributed by atoms with Gasteiger partial charge < -0.3 is 15.2 Å². The molecule has 0 saturated carbocycles. The molecule has 0 heterocycles. The number of amides is 1. The minimum atomic E-state index is -5.52. The third-order valence-corrected chi connectivity index (χ3v) is 3.37. The van der Waals surface area contributed by atoms with Gasteiger partial charge >= 0.3 is 12.1 Å². The third-order valence-electron chi connectivity index (χ3n) is 2.62. The van der Waals surface area contributed by atoms with Gasteiger partial charge in [0.15, 0.2) is 5.38 Å². The molecule has 0 aromatic heterocycles. The first kappa shape index (κ1) is 18.5. The quantitative estimate of drug-likeness (QED) is 0.639.